The van der Waals surface area contributed by atoms with Gasteiger partial charge in [0, 0.05) is 11.3 Å². The predicted molar refractivity (Wildman–Crippen MR) is 174 cm³/mol. The summed E-state index contributed by atoms with van der Waals surface area (Å²) in [7, 11) is 0. The molecule has 7 nitrogen and oxygen atoms in total. The third-order valence-corrected chi connectivity index (χ3v) is 8.70. The highest BCUT2D eigenvalue weighted by Gasteiger charge is 2.32. The zero-order valence-electron chi connectivity index (χ0n) is 24.6. The number of carbonyl (C=O) groups is 1. The van der Waals surface area contributed by atoms with Gasteiger partial charge < -0.3 is 10.1 Å². The van der Waals surface area contributed by atoms with Crippen LogP contribution in [0.4, 0.5) is 5.69 Å². The molecule has 1 amide bonds. The molecule has 1 aromatic heterocycles. The van der Waals surface area contributed by atoms with Crippen molar-refractivity contribution in [2.75, 3.05) is 11.9 Å². The van der Waals surface area contributed by atoms with Crippen molar-refractivity contribution in [2.45, 2.75) is 32.7 Å². The lowest BCUT2D eigenvalue weighted by Gasteiger charge is -2.25. The molecule has 6 rings (SSSR count). The molecule has 0 saturated carbocycles. The van der Waals surface area contributed by atoms with Gasteiger partial charge >= 0.3 is 0 Å². The number of ether oxygens (including phenoxy) is 1. The Morgan fingerprint density at radius 2 is 1.77 bits per heavy atom. The van der Waals surface area contributed by atoms with Gasteiger partial charge in [0.05, 0.1) is 21.8 Å². The monoisotopic (exact) mass is 598 g/mol. The van der Waals surface area contributed by atoms with Gasteiger partial charge in [0.1, 0.15) is 11.8 Å². The number of hydrogen-bond donors (Lipinski definition) is 1. The van der Waals surface area contributed by atoms with Crippen molar-refractivity contribution in [1.82, 2.24) is 4.57 Å². The average Bonchev–Trinajstić information content (AvgIpc) is 3.34. The number of aromatic nitrogens is 1. The Bertz CT molecular complexity index is 2140. The Morgan fingerprint density at radius 3 is 2.50 bits per heavy atom. The summed E-state index contributed by atoms with van der Waals surface area (Å²) in [6.07, 6.45) is 1.81. The average molecular weight is 599 g/mol. The molecule has 0 unspecified atom stereocenters. The van der Waals surface area contributed by atoms with E-state index in [9.17, 15) is 9.59 Å². The Labute approximate surface area is 258 Å². The lowest BCUT2D eigenvalue weighted by atomic mass is 9.93. The predicted octanol–water partition coefficient (Wildman–Crippen LogP) is 6.05. The molecule has 0 fully saturated rings. The highest BCUT2D eigenvalue weighted by molar-refractivity contribution is 7.07. The Hall–Kier alpha value is -5.26. The summed E-state index contributed by atoms with van der Waals surface area (Å²) in [5.41, 5.74) is 4.05. The normalized spacial score (nSPS) is 14.7. The Kier molecular flexibility index (Phi) is 7.97. The largest absolute Gasteiger partial charge is 0.478 e. The molecule has 0 bridgehead atoms. The number of hydrogen-bond acceptors (Lipinski definition) is 6. The van der Waals surface area contributed by atoms with Crippen LogP contribution in [0.1, 0.15) is 49.4 Å². The van der Waals surface area contributed by atoms with Crippen LogP contribution in [0, 0.1) is 11.3 Å². The van der Waals surface area contributed by atoms with Crippen LogP contribution in [0.15, 0.2) is 112 Å². The molecule has 0 aliphatic carbocycles. The highest BCUT2D eigenvalue weighted by Crippen LogP contribution is 2.32. The van der Waals surface area contributed by atoms with Gasteiger partial charge in [0.25, 0.3) is 11.5 Å². The van der Waals surface area contributed by atoms with Gasteiger partial charge in [-0.25, -0.2) is 4.99 Å². The maximum absolute atomic E-state index is 14.3. The van der Waals surface area contributed by atoms with Gasteiger partial charge in [-0.3, -0.25) is 14.2 Å². The summed E-state index contributed by atoms with van der Waals surface area (Å²) in [6.45, 7) is 5.95. The molecule has 4 aromatic carbocycles. The first-order valence-corrected chi connectivity index (χ1v) is 15.2. The van der Waals surface area contributed by atoms with E-state index in [2.05, 4.69) is 19.2 Å². The van der Waals surface area contributed by atoms with E-state index in [-0.39, 0.29) is 18.1 Å². The van der Waals surface area contributed by atoms with E-state index in [0.29, 0.717) is 43.5 Å². The van der Waals surface area contributed by atoms with E-state index < -0.39 is 6.04 Å². The molecule has 8 heteroatoms. The minimum absolute atomic E-state index is 0.119. The zero-order chi connectivity index (χ0) is 30.8. The molecule has 0 spiro atoms. The number of para-hydroxylation sites is 1. The smallest absolute Gasteiger partial charge is 0.271 e. The third-order valence-electron chi connectivity index (χ3n) is 7.72. The van der Waals surface area contributed by atoms with Crippen molar-refractivity contribution in [2.24, 2.45) is 4.99 Å². The number of benzene rings is 4. The lowest BCUT2D eigenvalue weighted by molar-refractivity contribution is -0.113. The molecule has 0 saturated heterocycles. The maximum atomic E-state index is 14.3. The number of rotatable bonds is 7. The molecule has 218 valence electrons. The summed E-state index contributed by atoms with van der Waals surface area (Å²) in [6, 6.07) is 30.3. The minimum Gasteiger partial charge on any atom is -0.478 e. The van der Waals surface area contributed by atoms with Crippen molar-refractivity contribution in [1.29, 1.82) is 5.26 Å². The fourth-order valence-electron chi connectivity index (χ4n) is 5.50. The fraction of sp³-hybridized carbons (Fsp3) is 0.167. The number of allylic oxidation sites excluding steroid dienone is 1. The van der Waals surface area contributed by atoms with Crippen LogP contribution in [0.2, 0.25) is 0 Å². The van der Waals surface area contributed by atoms with E-state index in [4.69, 9.17) is 15.0 Å². The minimum atomic E-state index is -0.680. The van der Waals surface area contributed by atoms with Crippen LogP contribution in [0.3, 0.4) is 0 Å². The molecule has 44 heavy (non-hydrogen) atoms. The lowest BCUT2D eigenvalue weighted by Crippen LogP contribution is -2.40. The van der Waals surface area contributed by atoms with Crippen molar-refractivity contribution >= 4 is 39.8 Å². The van der Waals surface area contributed by atoms with Gasteiger partial charge in [-0.05, 0) is 59.0 Å². The molecule has 5 aromatic rings. The fourth-order valence-corrected chi connectivity index (χ4v) is 6.53. The standard InChI is InChI=1S/C36H30N4O3S/c1-22(2)24-13-15-26(16-14-24)33-32(34(41)39-27-10-5-4-6-11-27)23(3)38-36-40(33)35(42)31(44-36)21-29-28-12-8-7-9-25(28)17-18-30(29)43-20-19-37/h4-18,21-22,33H,20H2,1-3H3,(H,39,41)/b31-21-/t33-/m0/s1. The first kappa shape index (κ1) is 28.8. The number of amides is 1. The van der Waals surface area contributed by atoms with E-state index in [1.165, 1.54) is 11.3 Å². The summed E-state index contributed by atoms with van der Waals surface area (Å²) in [4.78, 5) is 33.4. The molecular formula is C36H30N4O3S. The second-order valence-corrected chi connectivity index (χ2v) is 11.9. The number of nitrogens with one attached hydrogen (secondary N) is 1. The number of fused-ring (bicyclic) bond motifs is 2. The van der Waals surface area contributed by atoms with Crippen LogP contribution in [0.5, 0.6) is 5.75 Å². The Balaban J connectivity index is 1.55. The van der Waals surface area contributed by atoms with E-state index in [0.717, 1.165) is 21.9 Å². The first-order chi connectivity index (χ1) is 21.4. The van der Waals surface area contributed by atoms with Crippen LogP contribution >= 0.6 is 11.3 Å². The molecular weight excluding hydrogens is 568 g/mol. The van der Waals surface area contributed by atoms with Gasteiger partial charge in [0.2, 0.25) is 0 Å². The highest BCUT2D eigenvalue weighted by atomic mass is 32.1. The van der Waals surface area contributed by atoms with Crippen molar-refractivity contribution in [3.05, 3.63) is 139 Å². The van der Waals surface area contributed by atoms with Gasteiger partial charge in [-0.2, -0.15) is 5.26 Å². The van der Waals surface area contributed by atoms with Crippen LogP contribution in [0.25, 0.3) is 16.8 Å². The maximum Gasteiger partial charge on any atom is 0.271 e. The van der Waals surface area contributed by atoms with E-state index in [1.54, 1.807) is 10.6 Å². The third kappa shape index (κ3) is 5.46. The SMILES string of the molecule is CC1=C(C(=O)Nc2ccccc2)[C@H](c2ccc(C(C)C)cc2)n2c(s/c(=C\c3c(OCC#N)ccc4ccccc34)c2=O)=N1. The van der Waals surface area contributed by atoms with Crippen molar-refractivity contribution < 1.29 is 9.53 Å². The van der Waals surface area contributed by atoms with Gasteiger partial charge in [0.15, 0.2) is 11.4 Å². The topological polar surface area (TPSA) is 96.5 Å². The van der Waals surface area contributed by atoms with Gasteiger partial charge in [-0.15, -0.1) is 0 Å². The summed E-state index contributed by atoms with van der Waals surface area (Å²) < 4.78 is 7.84. The summed E-state index contributed by atoms with van der Waals surface area (Å²) >= 11 is 1.27. The number of carbonyl (C=O) groups excluding carboxylic acids is 1. The molecule has 1 atom stereocenters. The number of nitrogens with zero attached hydrogens (tertiary/aromatic N) is 3. The van der Waals surface area contributed by atoms with Crippen LogP contribution in [-0.4, -0.2) is 17.1 Å². The quantitative estimate of drug-likeness (QED) is 0.247. The van der Waals surface area contributed by atoms with Crippen LogP contribution < -0.4 is 24.9 Å². The first-order valence-electron chi connectivity index (χ1n) is 14.4. The molecule has 2 heterocycles. The Morgan fingerprint density at radius 1 is 1.05 bits per heavy atom. The summed E-state index contributed by atoms with van der Waals surface area (Å²) in [5.74, 6) is 0.532. The number of anilines is 1. The van der Waals surface area contributed by atoms with Crippen LogP contribution in [-0.2, 0) is 4.79 Å². The summed E-state index contributed by atoms with van der Waals surface area (Å²) in [5, 5.41) is 14.0. The molecule has 1 aliphatic heterocycles. The second-order valence-electron chi connectivity index (χ2n) is 10.9. The zero-order valence-corrected chi connectivity index (χ0v) is 25.4. The molecule has 1 aliphatic rings. The number of thiazole rings is 1. The molecule has 0 radical (unpaired) electrons. The second kappa shape index (κ2) is 12.2. The van der Waals surface area contributed by atoms with Gasteiger partial charge in [-0.1, -0.05) is 98.0 Å². The van der Waals surface area contributed by atoms with Crippen molar-refractivity contribution in [3.63, 3.8) is 0 Å². The van der Waals surface area contributed by atoms with Crippen molar-refractivity contribution in [3.8, 4) is 11.8 Å². The van der Waals surface area contributed by atoms with E-state index >= 15 is 0 Å². The van der Waals surface area contributed by atoms with E-state index in [1.807, 2.05) is 104 Å². The molecule has 1 N–H and O–H groups in total. The number of nitriles is 1.